The van der Waals surface area contributed by atoms with Gasteiger partial charge in [-0.3, -0.25) is 0 Å². The molecule has 1 atom stereocenters. The molecule has 0 bridgehead atoms. The minimum Gasteiger partial charge on any atom is -0.456 e. The van der Waals surface area contributed by atoms with Crippen LogP contribution in [0.4, 0.5) is 0 Å². The number of fused-ring (bicyclic) bond motifs is 8. The summed E-state index contributed by atoms with van der Waals surface area (Å²) in [5.74, 6) is 0.723. The van der Waals surface area contributed by atoms with Crippen molar-refractivity contribution in [3.05, 3.63) is 180 Å². The number of para-hydroxylation sites is 4. The lowest BCUT2D eigenvalue weighted by Crippen LogP contribution is -2.05. The van der Waals surface area contributed by atoms with Gasteiger partial charge in [-0.05, 0) is 66.4 Å². The van der Waals surface area contributed by atoms with Gasteiger partial charge in [0.1, 0.15) is 16.7 Å². The minimum absolute atomic E-state index is 0.109. The van der Waals surface area contributed by atoms with Crippen LogP contribution in [0, 0.1) is 0 Å². The molecule has 4 nitrogen and oxygen atoms in total. The fourth-order valence-electron chi connectivity index (χ4n) is 7.90. The molecule has 0 aliphatic rings. The third kappa shape index (κ3) is 4.56. The number of furan rings is 1. The van der Waals surface area contributed by atoms with Crippen molar-refractivity contribution in [3.63, 3.8) is 0 Å². The van der Waals surface area contributed by atoms with E-state index >= 15 is 0 Å². The Balaban J connectivity index is 1.12. The summed E-state index contributed by atoms with van der Waals surface area (Å²) in [7, 11) is 0. The van der Waals surface area contributed by atoms with Crippen molar-refractivity contribution in [1.29, 1.82) is 0 Å². The van der Waals surface area contributed by atoms with Crippen LogP contribution >= 0.6 is 0 Å². The topological polar surface area (TPSA) is 44.1 Å². The average molecular weight is 645 g/mol. The van der Waals surface area contributed by atoms with E-state index in [1.54, 1.807) is 0 Å². The molecule has 0 radical (unpaired) electrons. The first-order valence-corrected chi connectivity index (χ1v) is 17.2. The largest absolute Gasteiger partial charge is 0.456 e. The molecule has 0 aliphatic heterocycles. The smallest absolute Gasteiger partial charge is 0.227 e. The molecular formula is C46H32N2O2. The molecule has 50 heavy (non-hydrogen) atoms. The van der Waals surface area contributed by atoms with E-state index in [-0.39, 0.29) is 5.92 Å². The number of nitrogens with zero attached hydrogens (tertiary/aromatic N) is 2. The second-order valence-corrected chi connectivity index (χ2v) is 13.0. The summed E-state index contributed by atoms with van der Waals surface area (Å²) in [5.41, 5.74) is 11.7. The van der Waals surface area contributed by atoms with Gasteiger partial charge in [0.2, 0.25) is 5.89 Å². The van der Waals surface area contributed by atoms with Crippen LogP contribution in [-0.4, -0.2) is 9.55 Å². The molecule has 1 unspecified atom stereocenters. The lowest BCUT2D eigenvalue weighted by molar-refractivity contribution is 0.619. The molecule has 0 amide bonds. The first-order chi connectivity index (χ1) is 24.8. The predicted octanol–water partition coefficient (Wildman–Crippen LogP) is 12.3. The zero-order valence-corrected chi connectivity index (χ0v) is 27.3. The van der Waals surface area contributed by atoms with Crippen molar-refractivity contribution in [2.45, 2.75) is 18.8 Å². The van der Waals surface area contributed by atoms with Crippen molar-refractivity contribution < 1.29 is 8.83 Å². The van der Waals surface area contributed by atoms with Gasteiger partial charge in [-0.15, -0.1) is 0 Å². The molecule has 0 saturated carbocycles. The van der Waals surface area contributed by atoms with Gasteiger partial charge in [0.15, 0.2) is 5.58 Å². The van der Waals surface area contributed by atoms with Gasteiger partial charge in [-0.1, -0.05) is 121 Å². The number of hydrogen-bond acceptors (Lipinski definition) is 3. The van der Waals surface area contributed by atoms with Crippen molar-refractivity contribution in [2.24, 2.45) is 0 Å². The highest BCUT2D eigenvalue weighted by molar-refractivity contribution is 6.17. The fraction of sp³-hybridized carbons (Fsp3) is 0.0652. The second-order valence-electron chi connectivity index (χ2n) is 13.0. The SMILES string of the molecule is c1ccc(-c2nc3c(ccc4oc5c(C(CCc6cccc7c8ccccc8n(-c8ccccc8)c67)c6ccccc6)cccc5c43)o2)cc1. The summed E-state index contributed by atoms with van der Waals surface area (Å²) in [6, 6.07) is 57.7. The highest BCUT2D eigenvalue weighted by Crippen LogP contribution is 2.42. The Hall–Kier alpha value is -6.39. The fourth-order valence-corrected chi connectivity index (χ4v) is 7.90. The van der Waals surface area contributed by atoms with Crippen LogP contribution in [0.1, 0.15) is 29.0 Å². The van der Waals surface area contributed by atoms with Gasteiger partial charge in [-0.25, -0.2) is 4.98 Å². The first-order valence-electron chi connectivity index (χ1n) is 17.2. The number of aromatic nitrogens is 2. The minimum atomic E-state index is 0.109. The summed E-state index contributed by atoms with van der Waals surface area (Å²) in [5, 5.41) is 4.61. The highest BCUT2D eigenvalue weighted by Gasteiger charge is 2.24. The summed E-state index contributed by atoms with van der Waals surface area (Å²) in [4.78, 5) is 4.99. The molecule has 3 heterocycles. The number of rotatable bonds is 7. The number of hydrogen-bond donors (Lipinski definition) is 0. The summed E-state index contributed by atoms with van der Waals surface area (Å²) < 4.78 is 15.5. The second kappa shape index (κ2) is 11.6. The molecular weight excluding hydrogens is 613 g/mol. The molecule has 3 aromatic heterocycles. The van der Waals surface area contributed by atoms with Gasteiger partial charge < -0.3 is 13.4 Å². The average Bonchev–Trinajstić information content (AvgIpc) is 3.88. The molecule has 7 aromatic carbocycles. The van der Waals surface area contributed by atoms with Gasteiger partial charge >= 0.3 is 0 Å². The quantitative estimate of drug-likeness (QED) is 0.173. The summed E-state index contributed by atoms with van der Waals surface area (Å²) in [6.45, 7) is 0. The maximum absolute atomic E-state index is 6.76. The van der Waals surface area contributed by atoms with Crippen molar-refractivity contribution in [2.75, 3.05) is 0 Å². The van der Waals surface area contributed by atoms with Gasteiger partial charge in [-0.2, -0.15) is 0 Å². The lowest BCUT2D eigenvalue weighted by atomic mass is 9.85. The standard InChI is InChI=1S/C46H32N2O2/c1-4-14-30(15-5-1)34(27-26-31-18-12-22-36-35-21-10-11-25-39(35)48(44(31)36)33-19-8-3-9-20-33)37-23-13-24-38-42-40(49-45(37)38)28-29-41-43(42)47-46(50-41)32-16-6-2-7-17-32/h1-25,28-29,34H,26-27H2. The van der Waals surface area contributed by atoms with Crippen LogP contribution in [0.5, 0.6) is 0 Å². The molecule has 10 aromatic rings. The van der Waals surface area contributed by atoms with E-state index in [1.807, 2.05) is 42.5 Å². The highest BCUT2D eigenvalue weighted by atomic mass is 16.4. The molecule has 10 rings (SSSR count). The first kappa shape index (κ1) is 28.6. The number of oxazole rings is 1. The van der Waals surface area contributed by atoms with Crippen LogP contribution in [0.3, 0.4) is 0 Å². The normalized spacial score (nSPS) is 12.5. The van der Waals surface area contributed by atoms with Crippen molar-refractivity contribution in [1.82, 2.24) is 9.55 Å². The maximum atomic E-state index is 6.76. The maximum Gasteiger partial charge on any atom is 0.227 e. The molecule has 0 fully saturated rings. The third-order valence-corrected chi connectivity index (χ3v) is 10.1. The third-order valence-electron chi connectivity index (χ3n) is 10.1. The predicted molar refractivity (Wildman–Crippen MR) is 204 cm³/mol. The zero-order valence-electron chi connectivity index (χ0n) is 27.3. The van der Waals surface area contributed by atoms with E-state index < -0.39 is 0 Å². The van der Waals surface area contributed by atoms with E-state index in [2.05, 4.69) is 126 Å². The molecule has 0 spiro atoms. The van der Waals surface area contributed by atoms with Crippen molar-refractivity contribution in [3.8, 4) is 17.1 Å². The van der Waals surface area contributed by atoms with Crippen LogP contribution in [0.25, 0.3) is 72.0 Å². The Labute approximate surface area is 288 Å². The Bertz CT molecular complexity index is 2810. The molecule has 0 saturated heterocycles. The summed E-state index contributed by atoms with van der Waals surface area (Å²) >= 11 is 0. The number of benzene rings is 7. The van der Waals surface area contributed by atoms with Gasteiger partial charge in [0.05, 0.1) is 16.4 Å². The van der Waals surface area contributed by atoms with Crippen molar-refractivity contribution >= 4 is 54.8 Å². The lowest BCUT2D eigenvalue weighted by Gasteiger charge is -2.19. The van der Waals surface area contributed by atoms with Gasteiger partial charge in [0, 0.05) is 38.9 Å². The Morgan fingerprint density at radius 3 is 2.08 bits per heavy atom. The molecule has 4 heteroatoms. The molecule has 0 N–H and O–H groups in total. The van der Waals surface area contributed by atoms with E-state index in [0.717, 1.165) is 51.4 Å². The Morgan fingerprint density at radius 1 is 0.560 bits per heavy atom. The zero-order chi connectivity index (χ0) is 33.0. The number of aryl methyl sites for hydroxylation is 1. The Morgan fingerprint density at radius 2 is 1.24 bits per heavy atom. The Kier molecular flexibility index (Phi) is 6.66. The van der Waals surface area contributed by atoms with Gasteiger partial charge in [0.25, 0.3) is 0 Å². The van der Waals surface area contributed by atoms with E-state index in [1.165, 1.54) is 44.2 Å². The van der Waals surface area contributed by atoms with E-state index in [9.17, 15) is 0 Å². The van der Waals surface area contributed by atoms with Crippen LogP contribution < -0.4 is 0 Å². The van der Waals surface area contributed by atoms with E-state index in [4.69, 9.17) is 13.8 Å². The van der Waals surface area contributed by atoms with Crippen LogP contribution in [0.15, 0.2) is 173 Å². The summed E-state index contributed by atoms with van der Waals surface area (Å²) in [6.07, 6.45) is 1.80. The monoisotopic (exact) mass is 644 g/mol. The van der Waals surface area contributed by atoms with Crippen LogP contribution in [-0.2, 0) is 6.42 Å². The molecule has 0 aliphatic carbocycles. The van der Waals surface area contributed by atoms with Crippen LogP contribution in [0.2, 0.25) is 0 Å². The molecule has 238 valence electrons. The van der Waals surface area contributed by atoms with E-state index in [0.29, 0.717) is 5.89 Å².